The number of rotatable bonds is 4. The topological polar surface area (TPSA) is 78.2 Å². The van der Waals surface area contributed by atoms with Gasteiger partial charge in [0.1, 0.15) is 17.6 Å². The molecule has 1 aromatic heterocycles. The number of halogens is 1. The van der Waals surface area contributed by atoms with Crippen LogP contribution in [-0.4, -0.2) is 38.3 Å². The van der Waals surface area contributed by atoms with Crippen molar-refractivity contribution in [3.05, 3.63) is 94.2 Å². The van der Waals surface area contributed by atoms with Crippen LogP contribution in [0.5, 0.6) is 0 Å². The Bertz CT molecular complexity index is 1540. The fourth-order valence-electron chi connectivity index (χ4n) is 4.60. The first-order valence-electron chi connectivity index (χ1n) is 11.3. The molecule has 0 bridgehead atoms. The third-order valence-electron chi connectivity index (χ3n) is 6.57. The number of hydrogen-bond acceptors (Lipinski definition) is 5. The van der Waals surface area contributed by atoms with E-state index in [1.807, 2.05) is 0 Å². The molecule has 37 heavy (non-hydrogen) atoms. The molecule has 0 saturated carbocycles. The summed E-state index contributed by atoms with van der Waals surface area (Å²) in [5.74, 6) is -1.68. The standard InChI is InChI=1S/C27H20FN5O3S/c1-15-11-18(13-30-22(15)29-4)32-25(36)27(2,3)33(26(32)37)17-10-9-16(21(28)12-17)14-31-23(34)19-7-5-6-8-20(19)24(31)35/h5-13H,14H2,1-3H3. The van der Waals surface area contributed by atoms with Crippen LogP contribution < -0.4 is 9.80 Å². The zero-order chi connectivity index (χ0) is 26.6. The molecule has 1 saturated heterocycles. The fraction of sp³-hybridized carbons (Fsp3) is 0.185. The van der Waals surface area contributed by atoms with E-state index in [0.717, 1.165) is 4.90 Å². The number of carbonyl (C=O) groups excluding carboxylic acids is 3. The minimum absolute atomic E-state index is 0.138. The first-order valence-corrected chi connectivity index (χ1v) is 11.7. The number of hydrogen-bond donors (Lipinski definition) is 0. The molecular formula is C27H20FN5O3S. The summed E-state index contributed by atoms with van der Waals surface area (Å²) in [5.41, 5.74) is 0.958. The van der Waals surface area contributed by atoms with E-state index in [1.54, 1.807) is 62.1 Å². The smallest absolute Gasteiger partial charge is 0.272 e. The zero-order valence-corrected chi connectivity index (χ0v) is 21.0. The Labute approximate surface area is 217 Å². The maximum absolute atomic E-state index is 15.3. The third-order valence-corrected chi connectivity index (χ3v) is 6.93. The van der Waals surface area contributed by atoms with Crippen LogP contribution in [0.3, 0.4) is 0 Å². The van der Waals surface area contributed by atoms with Gasteiger partial charge in [-0.1, -0.05) is 24.8 Å². The second-order valence-corrected chi connectivity index (χ2v) is 9.65. The Morgan fingerprint density at radius 1 is 1.03 bits per heavy atom. The van der Waals surface area contributed by atoms with Gasteiger partial charge in [0.2, 0.25) is 0 Å². The lowest BCUT2D eigenvalue weighted by molar-refractivity contribution is -0.120. The molecule has 0 N–H and O–H groups in total. The number of imide groups is 1. The van der Waals surface area contributed by atoms with Gasteiger partial charge >= 0.3 is 0 Å². The van der Waals surface area contributed by atoms with Crippen molar-refractivity contribution in [2.45, 2.75) is 32.9 Å². The quantitative estimate of drug-likeness (QED) is 0.284. The number of nitrogens with zero attached hydrogens (tertiary/aromatic N) is 5. The molecule has 5 rings (SSSR count). The Morgan fingerprint density at radius 3 is 2.24 bits per heavy atom. The largest absolute Gasteiger partial charge is 0.360 e. The van der Waals surface area contributed by atoms with Crippen molar-refractivity contribution >= 4 is 52.2 Å². The SMILES string of the molecule is [C-]#[N+]c1ncc(N2C(=O)C(C)(C)N(c3ccc(CN4C(=O)c5ccccc5C4=O)c(F)c3)C2=S)cc1C. The van der Waals surface area contributed by atoms with Crippen LogP contribution in [0.15, 0.2) is 54.7 Å². The molecule has 0 aliphatic carbocycles. The first kappa shape index (κ1) is 24.2. The molecule has 0 atom stereocenters. The summed E-state index contributed by atoms with van der Waals surface area (Å²) < 4.78 is 15.3. The van der Waals surface area contributed by atoms with E-state index < -0.39 is 23.2 Å². The van der Waals surface area contributed by atoms with Crippen LogP contribution in [0.25, 0.3) is 4.85 Å². The van der Waals surface area contributed by atoms with E-state index in [4.69, 9.17) is 18.8 Å². The summed E-state index contributed by atoms with van der Waals surface area (Å²) in [7, 11) is 0. The van der Waals surface area contributed by atoms with Gasteiger partial charge in [0.05, 0.1) is 23.4 Å². The molecule has 8 nitrogen and oxygen atoms in total. The summed E-state index contributed by atoms with van der Waals surface area (Å²) in [6.07, 6.45) is 1.41. The molecule has 3 aromatic rings. The number of carbonyl (C=O) groups is 3. The summed E-state index contributed by atoms with van der Waals surface area (Å²) in [6.45, 7) is 12.0. The Morgan fingerprint density at radius 2 is 1.68 bits per heavy atom. The maximum Gasteiger partial charge on any atom is 0.272 e. The van der Waals surface area contributed by atoms with E-state index >= 15 is 4.39 Å². The van der Waals surface area contributed by atoms with Gasteiger partial charge in [0.15, 0.2) is 5.11 Å². The maximum atomic E-state index is 15.3. The van der Waals surface area contributed by atoms with Crippen molar-refractivity contribution < 1.29 is 18.8 Å². The van der Waals surface area contributed by atoms with Crippen molar-refractivity contribution in [1.29, 1.82) is 0 Å². The monoisotopic (exact) mass is 513 g/mol. The number of fused-ring (bicyclic) bond motifs is 1. The van der Waals surface area contributed by atoms with Gasteiger partial charge in [-0.05, 0) is 68.9 Å². The Hall–Kier alpha value is -4.49. The lowest BCUT2D eigenvalue weighted by atomic mass is 10.0. The molecule has 3 heterocycles. The highest BCUT2D eigenvalue weighted by Crippen LogP contribution is 2.38. The third kappa shape index (κ3) is 3.67. The predicted molar refractivity (Wildman–Crippen MR) is 139 cm³/mol. The van der Waals surface area contributed by atoms with Crippen LogP contribution in [-0.2, 0) is 11.3 Å². The molecule has 2 aromatic carbocycles. The molecule has 0 unspecified atom stereocenters. The normalized spacial score (nSPS) is 16.5. The van der Waals surface area contributed by atoms with E-state index in [1.165, 1.54) is 23.2 Å². The summed E-state index contributed by atoms with van der Waals surface area (Å²) in [4.78, 5) is 50.1. The lowest BCUT2D eigenvalue weighted by Gasteiger charge is -2.29. The molecule has 1 fully saturated rings. The lowest BCUT2D eigenvalue weighted by Crippen LogP contribution is -2.44. The van der Waals surface area contributed by atoms with Gasteiger partial charge in [-0.15, -0.1) is 4.98 Å². The second kappa shape index (κ2) is 8.57. The number of amides is 3. The minimum Gasteiger partial charge on any atom is -0.360 e. The number of benzene rings is 2. The average molecular weight is 514 g/mol. The predicted octanol–water partition coefficient (Wildman–Crippen LogP) is 4.79. The van der Waals surface area contributed by atoms with E-state index in [0.29, 0.717) is 28.1 Å². The first-order chi connectivity index (χ1) is 17.6. The highest BCUT2D eigenvalue weighted by molar-refractivity contribution is 7.81. The van der Waals surface area contributed by atoms with Crippen molar-refractivity contribution in [1.82, 2.24) is 9.88 Å². The number of aryl methyl sites for hydroxylation is 1. The van der Waals surface area contributed by atoms with Gasteiger partial charge in [-0.3, -0.25) is 24.2 Å². The van der Waals surface area contributed by atoms with Gasteiger partial charge in [-0.25, -0.2) is 4.39 Å². The average Bonchev–Trinajstić information content (AvgIpc) is 3.21. The van der Waals surface area contributed by atoms with E-state index in [2.05, 4.69) is 9.83 Å². The van der Waals surface area contributed by atoms with Gasteiger partial charge < -0.3 is 9.74 Å². The minimum atomic E-state index is -1.14. The fourth-order valence-corrected chi connectivity index (χ4v) is 5.13. The molecule has 0 spiro atoms. The van der Waals surface area contributed by atoms with E-state index in [-0.39, 0.29) is 28.9 Å². The number of thiocarbonyl (C=S) groups is 1. The Balaban J connectivity index is 1.44. The van der Waals surface area contributed by atoms with Crippen LogP contribution >= 0.6 is 12.2 Å². The molecule has 2 aliphatic heterocycles. The van der Waals surface area contributed by atoms with Crippen molar-refractivity contribution in [2.75, 3.05) is 9.80 Å². The van der Waals surface area contributed by atoms with Crippen molar-refractivity contribution in [3.8, 4) is 0 Å². The highest BCUT2D eigenvalue weighted by Gasteiger charge is 2.50. The van der Waals surface area contributed by atoms with Crippen LogP contribution in [0.1, 0.15) is 45.7 Å². The van der Waals surface area contributed by atoms with Gasteiger partial charge in [-0.2, -0.15) is 0 Å². The van der Waals surface area contributed by atoms with Gasteiger partial charge in [0, 0.05) is 11.3 Å². The van der Waals surface area contributed by atoms with Crippen molar-refractivity contribution in [3.63, 3.8) is 0 Å². The van der Waals surface area contributed by atoms with E-state index in [9.17, 15) is 14.4 Å². The van der Waals surface area contributed by atoms with Crippen LogP contribution in [0.2, 0.25) is 0 Å². The number of aromatic nitrogens is 1. The van der Waals surface area contributed by atoms with Crippen LogP contribution in [0, 0.1) is 19.3 Å². The zero-order valence-electron chi connectivity index (χ0n) is 20.2. The molecule has 2 aliphatic rings. The summed E-state index contributed by atoms with van der Waals surface area (Å²) in [5, 5.41) is 0.138. The Kier molecular flexibility index (Phi) is 5.61. The number of anilines is 2. The van der Waals surface area contributed by atoms with Crippen LogP contribution in [0.4, 0.5) is 21.6 Å². The summed E-state index contributed by atoms with van der Waals surface area (Å²) >= 11 is 5.64. The van der Waals surface area contributed by atoms with Crippen molar-refractivity contribution in [2.24, 2.45) is 0 Å². The highest BCUT2D eigenvalue weighted by atomic mass is 32.1. The molecular weight excluding hydrogens is 493 g/mol. The second-order valence-electron chi connectivity index (χ2n) is 9.28. The van der Waals surface area contributed by atoms with Gasteiger partial charge in [0.25, 0.3) is 23.5 Å². The molecule has 184 valence electrons. The summed E-state index contributed by atoms with van der Waals surface area (Å²) in [6, 6.07) is 12.5. The molecule has 0 radical (unpaired) electrons. The molecule has 10 heteroatoms. The number of pyridine rings is 1. The molecule has 3 amide bonds.